The minimum absolute atomic E-state index is 0.183. The van der Waals surface area contributed by atoms with Crippen LogP contribution in [0.25, 0.3) is 0 Å². The Bertz CT molecular complexity index is 641. The van der Waals surface area contributed by atoms with E-state index in [0.29, 0.717) is 11.3 Å². The maximum atomic E-state index is 10.9. The largest absolute Gasteiger partial charge is 0.496 e. The zero-order valence-electron chi connectivity index (χ0n) is 12.1. The number of carboxylic acids is 2. The standard InChI is InChI=1S/C13H14N2O8/c1-22-11-4-2-9(15(20)21)6-8(11)7-23-14-10(13(18)19)3-5-12(16)17/h2,4,6H,3,5,7H2,1H3,(H,16,17)(H,18,19)/b14-10+. The quantitative estimate of drug-likeness (QED) is 0.393. The average molecular weight is 326 g/mol. The van der Waals surface area contributed by atoms with Gasteiger partial charge in [-0.3, -0.25) is 14.9 Å². The molecule has 1 rings (SSSR count). The molecule has 0 spiro atoms. The van der Waals surface area contributed by atoms with Crippen LogP contribution in [0.3, 0.4) is 0 Å². The number of methoxy groups -OCH3 is 1. The molecule has 2 N–H and O–H groups in total. The van der Waals surface area contributed by atoms with E-state index < -0.39 is 29.0 Å². The second kappa shape index (κ2) is 8.32. The molecule has 0 fully saturated rings. The van der Waals surface area contributed by atoms with E-state index in [1.54, 1.807) is 0 Å². The van der Waals surface area contributed by atoms with Crippen molar-refractivity contribution in [1.82, 2.24) is 0 Å². The summed E-state index contributed by atoms with van der Waals surface area (Å²) in [5.41, 5.74) is -0.345. The first-order chi connectivity index (χ1) is 10.8. The summed E-state index contributed by atoms with van der Waals surface area (Å²) in [6.07, 6.45) is -0.717. The first-order valence-electron chi connectivity index (χ1n) is 6.30. The fourth-order valence-corrected chi connectivity index (χ4v) is 1.59. The van der Waals surface area contributed by atoms with Crippen LogP contribution in [-0.4, -0.2) is 39.9 Å². The Kier molecular flexibility index (Phi) is 6.46. The lowest BCUT2D eigenvalue weighted by Gasteiger charge is -2.07. The molecule has 23 heavy (non-hydrogen) atoms. The smallest absolute Gasteiger partial charge is 0.353 e. The summed E-state index contributed by atoms with van der Waals surface area (Å²) in [4.78, 5) is 36.3. The van der Waals surface area contributed by atoms with Gasteiger partial charge in [0.05, 0.1) is 18.5 Å². The monoisotopic (exact) mass is 326 g/mol. The number of rotatable bonds is 9. The lowest BCUT2D eigenvalue weighted by molar-refractivity contribution is -0.385. The van der Waals surface area contributed by atoms with Crippen molar-refractivity contribution in [3.63, 3.8) is 0 Å². The summed E-state index contributed by atoms with van der Waals surface area (Å²) in [5, 5.41) is 31.5. The van der Waals surface area contributed by atoms with Gasteiger partial charge in [0, 0.05) is 24.1 Å². The maximum Gasteiger partial charge on any atom is 0.353 e. The van der Waals surface area contributed by atoms with Gasteiger partial charge in [-0.05, 0) is 6.07 Å². The number of nitro groups is 1. The predicted octanol–water partition coefficient (Wildman–Crippen LogP) is 1.43. The molecule has 0 saturated heterocycles. The van der Waals surface area contributed by atoms with E-state index in [-0.39, 0.29) is 18.7 Å². The van der Waals surface area contributed by atoms with Gasteiger partial charge < -0.3 is 19.8 Å². The fraction of sp³-hybridized carbons (Fsp3) is 0.308. The molecule has 0 radical (unpaired) electrons. The molecule has 124 valence electrons. The van der Waals surface area contributed by atoms with Gasteiger partial charge >= 0.3 is 11.9 Å². The lowest BCUT2D eigenvalue weighted by atomic mass is 10.2. The number of benzene rings is 1. The molecule has 1 aromatic rings. The molecule has 0 atom stereocenters. The van der Waals surface area contributed by atoms with Gasteiger partial charge in [-0.1, -0.05) is 5.16 Å². The number of oxime groups is 1. The highest BCUT2D eigenvalue weighted by molar-refractivity contribution is 6.35. The summed E-state index contributed by atoms with van der Waals surface area (Å²) < 4.78 is 5.02. The van der Waals surface area contributed by atoms with Crippen molar-refractivity contribution in [3.8, 4) is 5.75 Å². The third-order valence-corrected chi connectivity index (χ3v) is 2.69. The van der Waals surface area contributed by atoms with E-state index in [4.69, 9.17) is 19.8 Å². The fourth-order valence-electron chi connectivity index (χ4n) is 1.59. The number of nitro benzene ring substituents is 1. The first kappa shape index (κ1) is 17.9. The molecule has 1 aromatic carbocycles. The minimum atomic E-state index is -1.41. The van der Waals surface area contributed by atoms with Crippen LogP contribution in [0.2, 0.25) is 0 Å². The zero-order valence-corrected chi connectivity index (χ0v) is 12.1. The number of hydrogen-bond acceptors (Lipinski definition) is 7. The molecule has 0 aromatic heterocycles. The van der Waals surface area contributed by atoms with Crippen LogP contribution in [-0.2, 0) is 21.0 Å². The predicted molar refractivity (Wildman–Crippen MR) is 76.4 cm³/mol. The summed E-state index contributed by atoms with van der Waals surface area (Å²) in [6.45, 7) is -0.269. The van der Waals surface area contributed by atoms with Crippen LogP contribution >= 0.6 is 0 Å². The SMILES string of the molecule is COc1ccc([N+](=O)[O-])cc1CO/N=C(\CCC(=O)O)C(=O)O. The third-order valence-electron chi connectivity index (χ3n) is 2.69. The highest BCUT2D eigenvalue weighted by Gasteiger charge is 2.14. The van der Waals surface area contributed by atoms with Crippen LogP contribution in [0.1, 0.15) is 18.4 Å². The minimum Gasteiger partial charge on any atom is -0.496 e. The van der Waals surface area contributed by atoms with E-state index in [9.17, 15) is 19.7 Å². The maximum absolute atomic E-state index is 10.9. The lowest BCUT2D eigenvalue weighted by Crippen LogP contribution is -2.15. The highest BCUT2D eigenvalue weighted by atomic mass is 16.6. The van der Waals surface area contributed by atoms with Crippen molar-refractivity contribution >= 4 is 23.3 Å². The molecular formula is C13H14N2O8. The Morgan fingerprint density at radius 2 is 2.00 bits per heavy atom. The summed E-state index contributed by atoms with van der Waals surface area (Å²) in [6, 6.07) is 3.84. The van der Waals surface area contributed by atoms with E-state index in [1.807, 2.05) is 0 Å². The van der Waals surface area contributed by atoms with E-state index in [1.165, 1.54) is 25.3 Å². The van der Waals surface area contributed by atoms with Gasteiger partial charge in [0.1, 0.15) is 12.4 Å². The molecule has 0 aliphatic carbocycles. The van der Waals surface area contributed by atoms with Gasteiger partial charge in [-0.25, -0.2) is 4.79 Å². The molecule has 0 heterocycles. The van der Waals surface area contributed by atoms with Crippen LogP contribution < -0.4 is 4.74 Å². The molecule has 0 bridgehead atoms. The Hall–Kier alpha value is -3.17. The molecule has 10 heteroatoms. The highest BCUT2D eigenvalue weighted by Crippen LogP contribution is 2.24. The normalized spacial score (nSPS) is 10.9. The van der Waals surface area contributed by atoms with Crippen molar-refractivity contribution in [3.05, 3.63) is 33.9 Å². The number of hydrogen-bond donors (Lipinski definition) is 2. The molecule has 0 aliphatic rings. The Morgan fingerprint density at radius 1 is 1.30 bits per heavy atom. The number of non-ortho nitro benzene ring substituents is 1. The van der Waals surface area contributed by atoms with Gasteiger partial charge in [0.15, 0.2) is 5.71 Å². The van der Waals surface area contributed by atoms with Gasteiger partial charge in [-0.2, -0.15) is 0 Å². The number of aliphatic carboxylic acids is 2. The first-order valence-corrected chi connectivity index (χ1v) is 6.30. The van der Waals surface area contributed by atoms with Gasteiger partial charge in [-0.15, -0.1) is 0 Å². The van der Waals surface area contributed by atoms with Crippen LogP contribution in [0, 0.1) is 10.1 Å². The summed E-state index contributed by atoms with van der Waals surface area (Å²) in [5.74, 6) is -2.26. The summed E-state index contributed by atoms with van der Waals surface area (Å²) in [7, 11) is 1.36. The van der Waals surface area contributed by atoms with Crippen molar-refractivity contribution in [2.24, 2.45) is 5.16 Å². The van der Waals surface area contributed by atoms with Crippen molar-refractivity contribution in [1.29, 1.82) is 0 Å². The topological polar surface area (TPSA) is 149 Å². The molecule has 0 unspecified atom stereocenters. The van der Waals surface area contributed by atoms with Crippen LogP contribution in [0.15, 0.2) is 23.4 Å². The van der Waals surface area contributed by atoms with Gasteiger partial charge in [0.2, 0.25) is 0 Å². The summed E-state index contributed by atoms with van der Waals surface area (Å²) >= 11 is 0. The molecule has 0 saturated carbocycles. The molecule has 0 aliphatic heterocycles. The van der Waals surface area contributed by atoms with E-state index in [2.05, 4.69) is 5.16 Å². The Balaban J connectivity index is 2.84. The van der Waals surface area contributed by atoms with Crippen LogP contribution in [0.4, 0.5) is 5.69 Å². The van der Waals surface area contributed by atoms with Crippen molar-refractivity contribution in [2.75, 3.05) is 7.11 Å². The van der Waals surface area contributed by atoms with Gasteiger partial charge in [0.25, 0.3) is 5.69 Å². The second-order valence-corrected chi connectivity index (χ2v) is 4.26. The average Bonchev–Trinajstić information content (AvgIpc) is 2.49. The van der Waals surface area contributed by atoms with E-state index in [0.717, 1.165) is 0 Å². The molecule has 0 amide bonds. The second-order valence-electron chi connectivity index (χ2n) is 4.26. The van der Waals surface area contributed by atoms with Crippen molar-refractivity contribution < 1.29 is 34.3 Å². The zero-order chi connectivity index (χ0) is 17.4. The third kappa shape index (κ3) is 5.61. The number of carbonyl (C=O) groups is 2. The number of nitrogens with zero attached hydrogens (tertiary/aromatic N) is 2. The Morgan fingerprint density at radius 3 is 2.52 bits per heavy atom. The van der Waals surface area contributed by atoms with Crippen LogP contribution in [0.5, 0.6) is 5.75 Å². The Labute approximate surface area is 130 Å². The molecular weight excluding hydrogens is 312 g/mol. The number of carboxylic acid groups (broad SMARTS) is 2. The van der Waals surface area contributed by atoms with E-state index >= 15 is 0 Å². The molecule has 10 nitrogen and oxygen atoms in total. The number of ether oxygens (including phenoxy) is 1. The van der Waals surface area contributed by atoms with Crippen molar-refractivity contribution in [2.45, 2.75) is 19.4 Å².